The molecule has 106 valence electrons. The van der Waals surface area contributed by atoms with E-state index >= 15 is 0 Å². The first-order valence-electron chi connectivity index (χ1n) is 6.10. The number of nitriles is 1. The van der Waals surface area contributed by atoms with Gasteiger partial charge in [0.15, 0.2) is 0 Å². The standard InChI is InChI=1S/C15H12BrN3O2/c1-19(9-11-4-2-3-10(5-11)7-17)14-13(15(20)21)6-12(16)8-18-14/h2-6,8H,9H2,1H3,(H,20,21). The quantitative estimate of drug-likeness (QED) is 0.921. The highest BCUT2D eigenvalue weighted by atomic mass is 79.9. The van der Waals surface area contributed by atoms with Crippen LogP contribution in [0.2, 0.25) is 0 Å². The Morgan fingerprint density at radius 2 is 2.24 bits per heavy atom. The molecule has 0 fully saturated rings. The second-order valence-corrected chi connectivity index (χ2v) is 5.41. The van der Waals surface area contributed by atoms with Crippen LogP contribution >= 0.6 is 15.9 Å². The highest BCUT2D eigenvalue weighted by Crippen LogP contribution is 2.22. The van der Waals surface area contributed by atoms with Crippen LogP contribution in [0.15, 0.2) is 41.0 Å². The van der Waals surface area contributed by atoms with Crippen molar-refractivity contribution >= 4 is 27.7 Å². The van der Waals surface area contributed by atoms with Gasteiger partial charge in [-0.2, -0.15) is 5.26 Å². The van der Waals surface area contributed by atoms with Gasteiger partial charge >= 0.3 is 5.97 Å². The summed E-state index contributed by atoms with van der Waals surface area (Å²) in [6, 6.07) is 10.8. The van der Waals surface area contributed by atoms with E-state index in [4.69, 9.17) is 5.26 Å². The van der Waals surface area contributed by atoms with Crippen molar-refractivity contribution in [2.75, 3.05) is 11.9 Å². The van der Waals surface area contributed by atoms with Crippen molar-refractivity contribution in [2.24, 2.45) is 0 Å². The van der Waals surface area contributed by atoms with E-state index in [1.165, 1.54) is 6.07 Å². The molecule has 1 aromatic carbocycles. The molecule has 21 heavy (non-hydrogen) atoms. The number of carbonyl (C=O) groups is 1. The molecule has 1 heterocycles. The molecule has 0 spiro atoms. The molecule has 5 nitrogen and oxygen atoms in total. The van der Waals surface area contributed by atoms with Gasteiger partial charge < -0.3 is 10.0 Å². The van der Waals surface area contributed by atoms with Crippen molar-refractivity contribution < 1.29 is 9.90 Å². The molecule has 2 rings (SSSR count). The van der Waals surface area contributed by atoms with E-state index in [1.54, 1.807) is 36.3 Å². The number of rotatable bonds is 4. The number of nitrogens with zero attached hydrogens (tertiary/aromatic N) is 3. The second-order valence-electron chi connectivity index (χ2n) is 4.50. The first-order valence-corrected chi connectivity index (χ1v) is 6.89. The normalized spacial score (nSPS) is 9.95. The molecule has 2 aromatic rings. The van der Waals surface area contributed by atoms with E-state index in [0.29, 0.717) is 22.4 Å². The van der Waals surface area contributed by atoms with Gasteiger partial charge in [0.2, 0.25) is 0 Å². The number of carboxylic acid groups (broad SMARTS) is 1. The zero-order chi connectivity index (χ0) is 15.4. The predicted octanol–water partition coefficient (Wildman–Crippen LogP) is 3.05. The Morgan fingerprint density at radius 3 is 2.90 bits per heavy atom. The van der Waals surface area contributed by atoms with Gasteiger partial charge in [0.1, 0.15) is 11.4 Å². The Balaban J connectivity index is 2.30. The summed E-state index contributed by atoms with van der Waals surface area (Å²) in [4.78, 5) is 17.2. The largest absolute Gasteiger partial charge is 0.478 e. The van der Waals surface area contributed by atoms with E-state index in [-0.39, 0.29) is 5.56 Å². The smallest absolute Gasteiger partial charge is 0.339 e. The van der Waals surface area contributed by atoms with Crippen LogP contribution < -0.4 is 4.90 Å². The van der Waals surface area contributed by atoms with Gasteiger partial charge in [-0.05, 0) is 39.7 Å². The van der Waals surface area contributed by atoms with Crippen LogP contribution in [-0.4, -0.2) is 23.1 Å². The first-order chi connectivity index (χ1) is 10.0. The topological polar surface area (TPSA) is 77.2 Å². The van der Waals surface area contributed by atoms with Crippen LogP contribution in [0.1, 0.15) is 21.5 Å². The van der Waals surface area contributed by atoms with E-state index < -0.39 is 5.97 Å². The number of aromatic nitrogens is 1. The maximum Gasteiger partial charge on any atom is 0.339 e. The molecule has 1 aromatic heterocycles. The van der Waals surface area contributed by atoms with Crippen LogP contribution in [0.5, 0.6) is 0 Å². The molecular weight excluding hydrogens is 334 g/mol. The van der Waals surface area contributed by atoms with Crippen molar-refractivity contribution in [1.82, 2.24) is 4.98 Å². The first kappa shape index (κ1) is 15.0. The molecule has 0 saturated carbocycles. The molecule has 0 atom stereocenters. The molecule has 0 unspecified atom stereocenters. The molecular formula is C15H12BrN3O2. The lowest BCUT2D eigenvalue weighted by Gasteiger charge is -2.20. The summed E-state index contributed by atoms with van der Waals surface area (Å²) in [6.07, 6.45) is 1.56. The van der Waals surface area contributed by atoms with Gasteiger partial charge in [-0.15, -0.1) is 0 Å². The van der Waals surface area contributed by atoms with E-state index in [2.05, 4.69) is 27.0 Å². The van der Waals surface area contributed by atoms with Crippen molar-refractivity contribution in [2.45, 2.75) is 6.54 Å². The summed E-state index contributed by atoms with van der Waals surface area (Å²) in [5.41, 5.74) is 1.61. The average Bonchev–Trinajstić information content (AvgIpc) is 2.47. The molecule has 0 aliphatic carbocycles. The van der Waals surface area contributed by atoms with Crippen LogP contribution in [0, 0.1) is 11.3 Å². The fourth-order valence-corrected chi connectivity index (χ4v) is 2.31. The van der Waals surface area contributed by atoms with Gasteiger partial charge in [0.05, 0.1) is 11.6 Å². The molecule has 6 heteroatoms. The fourth-order valence-electron chi connectivity index (χ4n) is 1.98. The second kappa shape index (κ2) is 6.37. The number of hydrogen-bond donors (Lipinski definition) is 1. The lowest BCUT2D eigenvalue weighted by molar-refractivity contribution is 0.0697. The lowest BCUT2D eigenvalue weighted by Crippen LogP contribution is -2.20. The summed E-state index contributed by atoms with van der Waals surface area (Å²) < 4.78 is 0.614. The Morgan fingerprint density at radius 1 is 1.48 bits per heavy atom. The highest BCUT2D eigenvalue weighted by Gasteiger charge is 2.16. The van der Waals surface area contributed by atoms with E-state index in [0.717, 1.165) is 5.56 Å². The predicted molar refractivity (Wildman–Crippen MR) is 82.2 cm³/mol. The zero-order valence-electron chi connectivity index (χ0n) is 11.2. The summed E-state index contributed by atoms with van der Waals surface area (Å²) in [6.45, 7) is 0.463. The van der Waals surface area contributed by atoms with E-state index in [9.17, 15) is 9.90 Å². The Kier molecular flexibility index (Phi) is 4.55. The minimum atomic E-state index is -1.03. The van der Waals surface area contributed by atoms with Gasteiger partial charge in [-0.1, -0.05) is 12.1 Å². The number of aromatic carboxylic acids is 1. The molecule has 0 aliphatic heterocycles. The SMILES string of the molecule is CN(Cc1cccc(C#N)c1)c1ncc(Br)cc1C(=O)O. The fraction of sp³-hybridized carbons (Fsp3) is 0.133. The monoisotopic (exact) mass is 345 g/mol. The maximum absolute atomic E-state index is 11.3. The van der Waals surface area contributed by atoms with Crippen LogP contribution in [0.25, 0.3) is 0 Å². The average molecular weight is 346 g/mol. The van der Waals surface area contributed by atoms with Gasteiger partial charge in [0, 0.05) is 24.3 Å². The molecule has 0 amide bonds. The van der Waals surface area contributed by atoms with Crippen LogP contribution in [-0.2, 0) is 6.54 Å². The molecule has 0 bridgehead atoms. The minimum Gasteiger partial charge on any atom is -0.478 e. The maximum atomic E-state index is 11.3. The van der Waals surface area contributed by atoms with Gasteiger partial charge in [-0.25, -0.2) is 9.78 Å². The van der Waals surface area contributed by atoms with Crippen LogP contribution in [0.4, 0.5) is 5.82 Å². The Labute approximate surface area is 130 Å². The third-order valence-corrected chi connectivity index (χ3v) is 3.33. The zero-order valence-corrected chi connectivity index (χ0v) is 12.8. The third-order valence-electron chi connectivity index (χ3n) is 2.90. The number of pyridine rings is 1. The number of hydrogen-bond acceptors (Lipinski definition) is 4. The molecule has 1 N–H and O–H groups in total. The van der Waals surface area contributed by atoms with Crippen molar-refractivity contribution in [3.8, 4) is 6.07 Å². The molecule has 0 radical (unpaired) electrons. The van der Waals surface area contributed by atoms with Gasteiger partial charge in [-0.3, -0.25) is 0 Å². The number of benzene rings is 1. The molecule has 0 saturated heterocycles. The summed E-state index contributed by atoms with van der Waals surface area (Å²) >= 11 is 3.22. The highest BCUT2D eigenvalue weighted by molar-refractivity contribution is 9.10. The number of carboxylic acids is 1. The minimum absolute atomic E-state index is 0.128. The van der Waals surface area contributed by atoms with E-state index in [1.807, 2.05) is 6.07 Å². The summed E-state index contributed by atoms with van der Waals surface area (Å²) in [7, 11) is 1.77. The Hall–Kier alpha value is -2.39. The van der Waals surface area contributed by atoms with Crippen molar-refractivity contribution in [3.63, 3.8) is 0 Å². The third kappa shape index (κ3) is 3.58. The number of anilines is 1. The van der Waals surface area contributed by atoms with Crippen molar-refractivity contribution in [3.05, 3.63) is 57.7 Å². The molecule has 0 aliphatic rings. The lowest BCUT2D eigenvalue weighted by atomic mass is 10.1. The van der Waals surface area contributed by atoms with Gasteiger partial charge in [0.25, 0.3) is 0 Å². The van der Waals surface area contributed by atoms with Crippen LogP contribution in [0.3, 0.4) is 0 Å². The Bertz CT molecular complexity index is 725. The number of halogens is 1. The van der Waals surface area contributed by atoms with Crippen molar-refractivity contribution in [1.29, 1.82) is 5.26 Å². The summed E-state index contributed by atoms with van der Waals surface area (Å²) in [5, 5.41) is 18.2. The summed E-state index contributed by atoms with van der Waals surface area (Å²) in [5.74, 6) is -0.649.